The quantitative estimate of drug-likeness (QED) is 0.239. The van der Waals surface area contributed by atoms with E-state index in [9.17, 15) is 24.2 Å². The third-order valence-electron chi connectivity index (χ3n) is 3.88. The topological polar surface area (TPSA) is 249 Å². The van der Waals surface area contributed by atoms with Crippen molar-refractivity contribution in [1.82, 2.24) is 19.5 Å². The Kier molecular flexibility index (Phi) is 5.49. The van der Waals surface area contributed by atoms with Crippen molar-refractivity contribution in [3.8, 4) is 0 Å². The SMILES string of the molecule is Nc1nc(N)c2ncn([C@@H]3O[C@H](COP(=O)(O)CP(=O)(O)O)[C@@H](O)[C@H]3O)c2n1. The molecule has 1 fully saturated rings. The molecule has 3 heterocycles. The predicted octanol–water partition coefficient (Wildman–Crippen LogP) is -2.05. The van der Waals surface area contributed by atoms with Crippen LogP contribution in [-0.2, 0) is 18.4 Å². The molecule has 0 spiro atoms. The molecule has 0 radical (unpaired) electrons. The van der Waals surface area contributed by atoms with Crippen molar-refractivity contribution < 1.29 is 43.3 Å². The first-order valence-electron chi connectivity index (χ1n) is 7.66. The van der Waals surface area contributed by atoms with Crippen molar-refractivity contribution >= 4 is 38.1 Å². The third kappa shape index (κ3) is 4.33. The number of aliphatic hydroxyl groups is 2. The summed E-state index contributed by atoms with van der Waals surface area (Å²) in [6, 6.07) is 0. The molecule has 17 heteroatoms. The Balaban J connectivity index is 1.78. The lowest BCUT2D eigenvalue weighted by Gasteiger charge is -2.18. The van der Waals surface area contributed by atoms with E-state index in [2.05, 4.69) is 19.5 Å². The summed E-state index contributed by atoms with van der Waals surface area (Å²) in [6.45, 7) is -0.714. The van der Waals surface area contributed by atoms with E-state index in [1.165, 1.54) is 10.9 Å². The molecule has 0 amide bonds. The first kappa shape index (κ1) is 21.0. The minimum absolute atomic E-state index is 0.00664. The standard InChI is InChI=1S/C11H18N6O9P2/c12-8-5-9(16-11(13)15-8)17(2-14-5)10-7(19)6(18)4(26-10)1-25-28(23,24)3-27(20,21)22/h2,4,6-7,10,18-19H,1,3H2,(H,23,24)(H2,20,21,22)(H4,12,13,15,16)/t4-,6-,7-,10-/m1/s1. The molecule has 3 rings (SSSR count). The number of hydrogen-bond acceptors (Lipinski definition) is 11. The Morgan fingerprint density at radius 2 is 1.86 bits per heavy atom. The number of rotatable bonds is 6. The van der Waals surface area contributed by atoms with Gasteiger partial charge in [-0.3, -0.25) is 13.7 Å². The van der Waals surface area contributed by atoms with Gasteiger partial charge in [0.15, 0.2) is 23.6 Å². The summed E-state index contributed by atoms with van der Waals surface area (Å²) in [6.07, 6.45) is -4.34. The fraction of sp³-hybridized carbons (Fsp3) is 0.545. The first-order chi connectivity index (χ1) is 12.9. The monoisotopic (exact) mass is 440 g/mol. The number of ether oxygens (including phenoxy) is 1. The van der Waals surface area contributed by atoms with Gasteiger partial charge in [-0.1, -0.05) is 0 Å². The van der Waals surface area contributed by atoms with Crippen LogP contribution in [0.2, 0.25) is 0 Å². The Labute approximate surface area is 156 Å². The third-order valence-corrected chi connectivity index (χ3v) is 7.34. The Morgan fingerprint density at radius 1 is 1.18 bits per heavy atom. The number of nitrogens with zero attached hydrogens (tertiary/aromatic N) is 4. The fourth-order valence-electron chi connectivity index (χ4n) is 2.70. The van der Waals surface area contributed by atoms with Gasteiger partial charge in [0.2, 0.25) is 5.95 Å². The van der Waals surface area contributed by atoms with Gasteiger partial charge < -0.3 is 45.6 Å². The van der Waals surface area contributed by atoms with Gasteiger partial charge in [-0.15, -0.1) is 0 Å². The number of aromatic nitrogens is 4. The van der Waals surface area contributed by atoms with Crippen molar-refractivity contribution in [3.63, 3.8) is 0 Å². The highest BCUT2D eigenvalue weighted by molar-refractivity contribution is 7.70. The molecular weight excluding hydrogens is 422 g/mol. The molecule has 0 saturated carbocycles. The van der Waals surface area contributed by atoms with Crippen LogP contribution in [-0.4, -0.2) is 75.2 Å². The summed E-state index contributed by atoms with van der Waals surface area (Å²) in [7, 11) is -9.46. The molecule has 0 aliphatic carbocycles. The van der Waals surface area contributed by atoms with Gasteiger partial charge >= 0.3 is 15.2 Å². The van der Waals surface area contributed by atoms with Gasteiger partial charge in [-0.2, -0.15) is 9.97 Å². The molecule has 2 aromatic rings. The van der Waals surface area contributed by atoms with Gasteiger partial charge in [0, 0.05) is 0 Å². The summed E-state index contributed by atoms with van der Waals surface area (Å²) >= 11 is 0. The van der Waals surface area contributed by atoms with E-state index in [4.69, 9.17) is 26.0 Å². The van der Waals surface area contributed by atoms with Crippen LogP contribution in [0.5, 0.6) is 0 Å². The summed E-state index contributed by atoms with van der Waals surface area (Å²) < 4.78 is 33.9. The van der Waals surface area contributed by atoms with Gasteiger partial charge in [0.1, 0.15) is 23.8 Å². The van der Waals surface area contributed by atoms with Crippen molar-refractivity contribution in [2.24, 2.45) is 0 Å². The second kappa shape index (κ2) is 7.30. The zero-order valence-electron chi connectivity index (χ0n) is 14.0. The van der Waals surface area contributed by atoms with Gasteiger partial charge in [-0.25, -0.2) is 4.98 Å². The summed E-state index contributed by atoms with van der Waals surface area (Å²) in [5, 5.41) is 20.4. The smallest absolute Gasteiger partial charge is 0.340 e. The average molecular weight is 440 g/mol. The molecule has 1 saturated heterocycles. The number of fused-ring (bicyclic) bond motifs is 1. The van der Waals surface area contributed by atoms with E-state index in [0.717, 1.165) is 0 Å². The zero-order chi connectivity index (χ0) is 20.9. The van der Waals surface area contributed by atoms with Crippen LogP contribution in [0.4, 0.5) is 11.8 Å². The molecule has 15 nitrogen and oxygen atoms in total. The highest BCUT2D eigenvalue weighted by atomic mass is 31.2. The lowest BCUT2D eigenvalue weighted by atomic mass is 10.1. The number of nitrogen functional groups attached to an aromatic ring is 2. The Bertz CT molecular complexity index is 979. The van der Waals surface area contributed by atoms with Gasteiger partial charge in [-0.05, 0) is 0 Å². The van der Waals surface area contributed by atoms with Crippen LogP contribution in [0.1, 0.15) is 6.23 Å². The highest BCUT2D eigenvalue weighted by Crippen LogP contribution is 2.55. The van der Waals surface area contributed by atoms with E-state index in [-0.39, 0.29) is 22.9 Å². The number of nitrogens with two attached hydrogens (primary N) is 2. The van der Waals surface area contributed by atoms with Gasteiger partial charge in [0.05, 0.1) is 12.9 Å². The summed E-state index contributed by atoms with van der Waals surface area (Å²) in [5.74, 6) is -1.55. The second-order valence-corrected chi connectivity index (χ2v) is 10.1. The first-order valence-corrected chi connectivity index (χ1v) is 11.2. The Morgan fingerprint density at radius 3 is 2.50 bits per heavy atom. The average Bonchev–Trinajstić information content (AvgIpc) is 3.06. The lowest BCUT2D eigenvalue weighted by molar-refractivity contribution is -0.0483. The number of hydrogen-bond donors (Lipinski definition) is 7. The molecule has 0 bridgehead atoms. The van der Waals surface area contributed by atoms with Crippen molar-refractivity contribution in [1.29, 1.82) is 0 Å². The van der Waals surface area contributed by atoms with Crippen LogP contribution in [0.3, 0.4) is 0 Å². The van der Waals surface area contributed by atoms with E-state index < -0.39 is 52.2 Å². The van der Waals surface area contributed by atoms with Crippen molar-refractivity contribution in [3.05, 3.63) is 6.33 Å². The maximum atomic E-state index is 11.7. The minimum Gasteiger partial charge on any atom is -0.387 e. The summed E-state index contributed by atoms with van der Waals surface area (Å²) in [4.78, 5) is 38.8. The summed E-state index contributed by atoms with van der Waals surface area (Å²) in [5.41, 5.74) is 11.6. The predicted molar refractivity (Wildman–Crippen MR) is 92.8 cm³/mol. The van der Waals surface area contributed by atoms with E-state index in [1.807, 2.05) is 0 Å². The van der Waals surface area contributed by atoms with Crippen LogP contribution in [0, 0.1) is 0 Å². The molecule has 1 unspecified atom stereocenters. The normalized spacial score (nSPS) is 27.9. The zero-order valence-corrected chi connectivity index (χ0v) is 15.8. The van der Waals surface area contributed by atoms with Crippen LogP contribution < -0.4 is 11.5 Å². The van der Waals surface area contributed by atoms with E-state index in [0.29, 0.717) is 0 Å². The molecule has 2 aromatic heterocycles. The van der Waals surface area contributed by atoms with Crippen molar-refractivity contribution in [2.75, 3.05) is 24.0 Å². The van der Waals surface area contributed by atoms with E-state index in [1.54, 1.807) is 0 Å². The molecule has 0 aromatic carbocycles. The number of anilines is 2. The largest absolute Gasteiger partial charge is 0.387 e. The van der Waals surface area contributed by atoms with Gasteiger partial charge in [0.25, 0.3) is 0 Å². The van der Waals surface area contributed by atoms with Crippen molar-refractivity contribution in [2.45, 2.75) is 24.5 Å². The molecule has 1 aliphatic rings. The second-order valence-electron chi connectivity index (χ2n) is 6.08. The van der Waals surface area contributed by atoms with Crippen LogP contribution in [0.15, 0.2) is 6.33 Å². The molecule has 156 valence electrons. The molecule has 28 heavy (non-hydrogen) atoms. The fourth-order valence-corrected chi connectivity index (χ4v) is 5.27. The highest BCUT2D eigenvalue weighted by Gasteiger charge is 2.45. The maximum Gasteiger partial charge on any atom is 0.340 e. The lowest BCUT2D eigenvalue weighted by Crippen LogP contribution is -2.33. The Hall–Kier alpha value is -1.67. The number of aliphatic hydroxyl groups excluding tert-OH is 2. The van der Waals surface area contributed by atoms with Crippen LogP contribution >= 0.6 is 15.2 Å². The minimum atomic E-state index is -4.81. The van der Waals surface area contributed by atoms with E-state index >= 15 is 0 Å². The maximum absolute atomic E-state index is 11.7. The molecular formula is C11H18N6O9P2. The van der Waals surface area contributed by atoms with Crippen LogP contribution in [0.25, 0.3) is 11.2 Å². The molecule has 5 atom stereocenters. The molecule has 1 aliphatic heterocycles. The molecule has 9 N–H and O–H groups in total. The number of imidazole rings is 1.